The third-order valence-electron chi connectivity index (χ3n) is 7.81. The summed E-state index contributed by atoms with van der Waals surface area (Å²) in [7, 11) is 0. The van der Waals surface area contributed by atoms with Crippen LogP contribution in [0.4, 0.5) is 10.5 Å². The number of nitrogens with zero attached hydrogens (tertiary/aromatic N) is 3. The maximum atomic E-state index is 13.2. The van der Waals surface area contributed by atoms with E-state index in [2.05, 4.69) is 48.3 Å². The van der Waals surface area contributed by atoms with Gasteiger partial charge in [0, 0.05) is 57.6 Å². The highest BCUT2D eigenvalue weighted by molar-refractivity contribution is 5.85. The predicted octanol–water partition coefficient (Wildman–Crippen LogP) is 4.32. The van der Waals surface area contributed by atoms with Crippen LogP contribution >= 0.6 is 0 Å². The van der Waals surface area contributed by atoms with Crippen molar-refractivity contribution in [1.29, 1.82) is 0 Å². The number of piperazine rings is 1. The quantitative estimate of drug-likeness (QED) is 0.508. The average molecular weight is 551 g/mol. The molecule has 3 amide bonds. The van der Waals surface area contributed by atoms with Crippen LogP contribution in [0, 0.1) is 5.92 Å². The Balaban J connectivity index is 1.33. The highest BCUT2D eigenvalue weighted by Gasteiger charge is 2.36. The Morgan fingerprint density at radius 3 is 2.33 bits per heavy atom. The van der Waals surface area contributed by atoms with Gasteiger partial charge in [-0.2, -0.15) is 0 Å². The third-order valence-corrected chi connectivity index (χ3v) is 7.81. The Morgan fingerprint density at radius 2 is 1.68 bits per heavy atom. The molecule has 0 bridgehead atoms. The number of anilines is 1. The summed E-state index contributed by atoms with van der Waals surface area (Å²) in [5.74, 6) is 0.859. The summed E-state index contributed by atoms with van der Waals surface area (Å²) in [6, 6.07) is 16.1. The van der Waals surface area contributed by atoms with Crippen molar-refractivity contribution in [2.24, 2.45) is 5.92 Å². The Hall–Kier alpha value is -3.75. The smallest absolute Gasteiger partial charge is 0.407 e. The predicted molar refractivity (Wildman–Crippen MR) is 155 cm³/mol. The van der Waals surface area contributed by atoms with Gasteiger partial charge >= 0.3 is 6.09 Å². The van der Waals surface area contributed by atoms with Gasteiger partial charge in [-0.3, -0.25) is 9.59 Å². The molecule has 0 aromatic heterocycles. The Kier molecular flexibility index (Phi) is 9.22. The molecule has 2 aliphatic heterocycles. The normalized spacial score (nSPS) is 18.0. The van der Waals surface area contributed by atoms with Crippen LogP contribution in [0.3, 0.4) is 0 Å². The minimum atomic E-state index is -1.11. The van der Waals surface area contributed by atoms with Gasteiger partial charge in [0.05, 0.1) is 5.92 Å². The van der Waals surface area contributed by atoms with E-state index in [1.54, 1.807) is 18.7 Å². The van der Waals surface area contributed by atoms with Crippen molar-refractivity contribution in [2.45, 2.75) is 58.6 Å². The molecule has 216 valence electrons. The molecule has 40 heavy (non-hydrogen) atoms. The summed E-state index contributed by atoms with van der Waals surface area (Å²) >= 11 is 0. The first kappa shape index (κ1) is 29.2. The lowest BCUT2D eigenvalue weighted by atomic mass is 9.96. The zero-order chi connectivity index (χ0) is 28.9. The number of hydrogen-bond acceptors (Lipinski definition) is 5. The zero-order valence-corrected chi connectivity index (χ0v) is 24.1. The highest BCUT2D eigenvalue weighted by Crippen LogP contribution is 2.29. The van der Waals surface area contributed by atoms with Crippen molar-refractivity contribution in [3.63, 3.8) is 0 Å². The molecule has 9 nitrogen and oxygen atoms in total. The van der Waals surface area contributed by atoms with E-state index < -0.39 is 11.7 Å². The highest BCUT2D eigenvalue weighted by atomic mass is 16.5. The van der Waals surface area contributed by atoms with Crippen molar-refractivity contribution in [3.05, 3.63) is 59.7 Å². The van der Waals surface area contributed by atoms with Crippen LogP contribution < -0.4 is 15.0 Å². The van der Waals surface area contributed by atoms with Crippen LogP contribution in [0.5, 0.6) is 5.75 Å². The molecule has 1 atom stereocenters. The van der Waals surface area contributed by atoms with Gasteiger partial charge in [-0.05, 0) is 55.9 Å². The van der Waals surface area contributed by atoms with Gasteiger partial charge in [0.2, 0.25) is 5.91 Å². The molecule has 0 aliphatic carbocycles. The number of hydrogen-bond donors (Lipinski definition) is 2. The molecule has 2 aromatic rings. The molecule has 2 aliphatic rings. The number of rotatable bonds is 8. The molecular weight excluding hydrogens is 508 g/mol. The van der Waals surface area contributed by atoms with Crippen LogP contribution in [-0.2, 0) is 16.1 Å². The van der Waals surface area contributed by atoms with Crippen LogP contribution in [0.15, 0.2) is 48.5 Å². The van der Waals surface area contributed by atoms with E-state index in [0.29, 0.717) is 50.9 Å². The van der Waals surface area contributed by atoms with Gasteiger partial charge in [0.1, 0.15) is 5.75 Å². The van der Waals surface area contributed by atoms with Crippen molar-refractivity contribution in [1.82, 2.24) is 15.1 Å². The summed E-state index contributed by atoms with van der Waals surface area (Å²) in [5.41, 5.74) is 2.23. The van der Waals surface area contributed by atoms with E-state index in [0.717, 1.165) is 30.6 Å². The van der Waals surface area contributed by atoms with Crippen molar-refractivity contribution < 1.29 is 24.2 Å². The molecule has 2 fully saturated rings. The molecule has 2 N–H and O–H groups in total. The number of nitrogens with one attached hydrogen (secondary N) is 1. The first-order chi connectivity index (χ1) is 19.0. The topological polar surface area (TPSA) is 102 Å². The van der Waals surface area contributed by atoms with Gasteiger partial charge in [-0.25, -0.2) is 4.79 Å². The maximum absolute atomic E-state index is 13.2. The van der Waals surface area contributed by atoms with Gasteiger partial charge in [-0.1, -0.05) is 44.2 Å². The fraction of sp³-hybridized carbons (Fsp3) is 0.516. The lowest BCUT2D eigenvalue weighted by molar-refractivity contribution is -0.147. The van der Waals surface area contributed by atoms with Crippen LogP contribution in [0.2, 0.25) is 0 Å². The lowest BCUT2D eigenvalue weighted by Gasteiger charge is -2.38. The molecule has 0 spiro atoms. The van der Waals surface area contributed by atoms with E-state index >= 15 is 0 Å². The SMILES string of the molecule is CC(C)c1ccc(CNC(=O)[C@@H]2CCCN(c3cccc(OC(C)(C)C(=O)N4CCN(C(=O)O)CC4)c3)C2)cc1. The number of carbonyl (C=O) groups is 3. The lowest BCUT2D eigenvalue weighted by Crippen LogP contribution is -2.56. The van der Waals surface area contributed by atoms with E-state index in [-0.39, 0.29) is 17.7 Å². The summed E-state index contributed by atoms with van der Waals surface area (Å²) in [6.45, 7) is 11.1. The maximum Gasteiger partial charge on any atom is 0.407 e. The monoisotopic (exact) mass is 550 g/mol. The fourth-order valence-corrected chi connectivity index (χ4v) is 5.34. The number of benzene rings is 2. The van der Waals surface area contributed by atoms with Gasteiger partial charge < -0.3 is 29.9 Å². The van der Waals surface area contributed by atoms with E-state index in [1.807, 2.05) is 24.3 Å². The van der Waals surface area contributed by atoms with Crippen LogP contribution in [-0.4, -0.2) is 77.7 Å². The average Bonchev–Trinajstić information content (AvgIpc) is 2.95. The number of carboxylic acid groups (broad SMARTS) is 1. The van der Waals surface area contributed by atoms with Crippen LogP contribution in [0.25, 0.3) is 0 Å². The molecule has 2 saturated heterocycles. The Bertz CT molecular complexity index is 1190. The minimum Gasteiger partial charge on any atom is -0.478 e. The standard InChI is InChI=1S/C31H42N4O5/c1-22(2)24-12-10-23(11-13-24)20-32-28(36)25-7-6-14-35(21-25)26-8-5-9-27(19-26)40-31(3,4)29(37)33-15-17-34(18-16-33)30(38)39/h5,8-13,19,22,25H,6-7,14-18,20-21H2,1-4H3,(H,32,36)(H,38,39)/t25-/m1/s1. The summed E-state index contributed by atoms with van der Waals surface area (Å²) in [6.07, 6.45) is 0.799. The number of carbonyl (C=O) groups excluding carboxylic acids is 2. The summed E-state index contributed by atoms with van der Waals surface area (Å²) in [5, 5.41) is 12.3. The number of amides is 3. The first-order valence-corrected chi connectivity index (χ1v) is 14.2. The molecule has 0 radical (unpaired) electrons. The van der Waals surface area contributed by atoms with Gasteiger partial charge in [0.15, 0.2) is 5.60 Å². The first-order valence-electron chi connectivity index (χ1n) is 14.2. The second-order valence-electron chi connectivity index (χ2n) is 11.6. The van der Waals surface area contributed by atoms with Crippen LogP contribution in [0.1, 0.15) is 57.6 Å². The Morgan fingerprint density at radius 1 is 1.00 bits per heavy atom. The van der Waals surface area contributed by atoms with Gasteiger partial charge in [0.25, 0.3) is 5.91 Å². The van der Waals surface area contributed by atoms with Crippen molar-refractivity contribution in [3.8, 4) is 5.75 Å². The van der Waals surface area contributed by atoms with Crippen molar-refractivity contribution in [2.75, 3.05) is 44.2 Å². The second kappa shape index (κ2) is 12.6. The fourth-order valence-electron chi connectivity index (χ4n) is 5.34. The third kappa shape index (κ3) is 7.25. The largest absolute Gasteiger partial charge is 0.478 e. The molecular formula is C31H42N4O5. The molecule has 0 saturated carbocycles. The van der Waals surface area contributed by atoms with E-state index in [4.69, 9.17) is 9.84 Å². The second-order valence-corrected chi connectivity index (χ2v) is 11.6. The number of piperidine rings is 1. The Labute approximate surface area is 237 Å². The molecule has 2 aromatic carbocycles. The molecule has 0 unspecified atom stereocenters. The zero-order valence-electron chi connectivity index (χ0n) is 24.1. The number of ether oxygens (including phenoxy) is 1. The minimum absolute atomic E-state index is 0.0692. The van der Waals surface area contributed by atoms with Crippen molar-refractivity contribution >= 4 is 23.6 Å². The van der Waals surface area contributed by atoms with Gasteiger partial charge in [-0.15, -0.1) is 0 Å². The van der Waals surface area contributed by atoms with E-state index in [9.17, 15) is 14.4 Å². The summed E-state index contributed by atoms with van der Waals surface area (Å²) in [4.78, 5) is 42.6. The molecule has 4 rings (SSSR count). The molecule has 2 heterocycles. The summed E-state index contributed by atoms with van der Waals surface area (Å²) < 4.78 is 6.18. The molecule has 9 heteroatoms. The van der Waals surface area contributed by atoms with E-state index in [1.165, 1.54) is 10.5 Å².